The fourth-order valence-corrected chi connectivity index (χ4v) is 2.15. The zero-order chi connectivity index (χ0) is 15.3. The van der Waals surface area contributed by atoms with E-state index in [0.717, 1.165) is 24.2 Å². The van der Waals surface area contributed by atoms with Crippen LogP contribution in [0.4, 0.5) is 0 Å². The summed E-state index contributed by atoms with van der Waals surface area (Å²) >= 11 is 0. The maximum Gasteiger partial charge on any atom is 0.100 e. The van der Waals surface area contributed by atoms with Crippen LogP contribution >= 0.6 is 0 Å². The summed E-state index contributed by atoms with van der Waals surface area (Å²) in [4.78, 5) is 1.67. The van der Waals surface area contributed by atoms with E-state index in [9.17, 15) is 0 Å². The summed E-state index contributed by atoms with van der Waals surface area (Å²) in [6.07, 6.45) is 3.73. The van der Waals surface area contributed by atoms with E-state index in [1.807, 2.05) is 43.6 Å². The molecule has 0 aliphatic carbocycles. The van der Waals surface area contributed by atoms with Crippen molar-refractivity contribution >= 4 is 0 Å². The third-order valence-corrected chi connectivity index (χ3v) is 3.79. The van der Waals surface area contributed by atoms with Crippen LogP contribution in [-0.4, -0.2) is 34.8 Å². The lowest BCUT2D eigenvalue weighted by Gasteiger charge is -2.25. The monoisotopic (exact) mass is 288 g/mol. The van der Waals surface area contributed by atoms with E-state index < -0.39 is 0 Å². The van der Waals surface area contributed by atoms with Crippen LogP contribution in [0.15, 0.2) is 36.5 Å². The summed E-state index contributed by atoms with van der Waals surface area (Å²) in [7, 11) is 3.70. The second kappa shape index (κ2) is 6.83. The van der Waals surface area contributed by atoms with Gasteiger partial charge in [-0.2, -0.15) is 15.0 Å². The molecule has 1 aromatic carbocycles. The van der Waals surface area contributed by atoms with Gasteiger partial charge in [-0.3, -0.25) is 0 Å². The second-order valence-corrected chi connectivity index (χ2v) is 5.74. The van der Waals surface area contributed by atoms with Crippen molar-refractivity contribution in [3.8, 4) is 5.69 Å². The second-order valence-electron chi connectivity index (χ2n) is 5.74. The van der Waals surface area contributed by atoms with Crippen molar-refractivity contribution < 1.29 is 4.74 Å². The molecule has 21 heavy (non-hydrogen) atoms. The number of benzene rings is 1. The van der Waals surface area contributed by atoms with Crippen LogP contribution in [0.1, 0.15) is 38.4 Å². The Bertz CT molecular complexity index is 550. The molecule has 0 aliphatic heterocycles. The lowest BCUT2D eigenvalue weighted by Crippen LogP contribution is -2.26. The Hall–Kier alpha value is -1.72. The molecule has 5 heteroatoms. The van der Waals surface area contributed by atoms with Crippen LogP contribution in [0.3, 0.4) is 0 Å². The Morgan fingerprint density at radius 2 is 2.00 bits per heavy atom. The van der Waals surface area contributed by atoms with Crippen LogP contribution in [-0.2, 0) is 4.74 Å². The van der Waals surface area contributed by atoms with E-state index in [2.05, 4.69) is 29.4 Å². The Morgan fingerprint density at radius 3 is 2.62 bits per heavy atom. The summed E-state index contributed by atoms with van der Waals surface area (Å²) in [5.74, 6) is 0. The van der Waals surface area contributed by atoms with Gasteiger partial charge in [0.1, 0.15) is 5.69 Å². The molecule has 1 atom stereocenters. The molecule has 0 amide bonds. The zero-order valence-electron chi connectivity index (χ0n) is 13.2. The largest absolute Gasteiger partial charge is 0.379 e. The third kappa shape index (κ3) is 4.12. The van der Waals surface area contributed by atoms with Crippen LogP contribution in [0.25, 0.3) is 5.69 Å². The first-order chi connectivity index (χ1) is 10.1. The molecule has 0 spiro atoms. The molecule has 0 bridgehead atoms. The maximum atomic E-state index is 5.47. The summed E-state index contributed by atoms with van der Waals surface area (Å²) in [6.45, 7) is 4.20. The molecule has 114 valence electrons. The van der Waals surface area contributed by atoms with Crippen molar-refractivity contribution in [3.63, 3.8) is 0 Å². The van der Waals surface area contributed by atoms with Gasteiger partial charge in [0.25, 0.3) is 0 Å². The molecule has 0 fully saturated rings. The van der Waals surface area contributed by atoms with Crippen LogP contribution in [0, 0.1) is 0 Å². The van der Waals surface area contributed by atoms with Crippen LogP contribution in [0.2, 0.25) is 0 Å². The average Bonchev–Trinajstić information content (AvgIpc) is 2.98. The van der Waals surface area contributed by atoms with E-state index in [-0.39, 0.29) is 11.6 Å². The number of nitrogens with one attached hydrogen (secondary N) is 1. The van der Waals surface area contributed by atoms with Gasteiger partial charge >= 0.3 is 0 Å². The average molecular weight is 288 g/mol. The van der Waals surface area contributed by atoms with Gasteiger partial charge in [0.2, 0.25) is 0 Å². The maximum absolute atomic E-state index is 5.47. The number of para-hydroxylation sites is 1. The zero-order valence-corrected chi connectivity index (χ0v) is 13.2. The summed E-state index contributed by atoms with van der Waals surface area (Å²) in [5.41, 5.74) is 1.80. The topological polar surface area (TPSA) is 52.0 Å². The van der Waals surface area contributed by atoms with Crippen molar-refractivity contribution in [3.05, 3.63) is 42.2 Å². The Balaban J connectivity index is 2.08. The summed E-state index contributed by atoms with van der Waals surface area (Å²) < 4.78 is 5.47. The number of aromatic nitrogens is 3. The number of nitrogens with zero attached hydrogens (tertiary/aromatic N) is 3. The highest BCUT2D eigenvalue weighted by Crippen LogP contribution is 2.23. The minimum atomic E-state index is -0.121. The van der Waals surface area contributed by atoms with Crippen molar-refractivity contribution in [2.45, 2.75) is 38.3 Å². The first-order valence-corrected chi connectivity index (χ1v) is 7.26. The van der Waals surface area contributed by atoms with Crippen LogP contribution in [0.5, 0.6) is 0 Å². The van der Waals surface area contributed by atoms with Gasteiger partial charge in [-0.05, 0) is 45.9 Å². The molecule has 0 saturated heterocycles. The van der Waals surface area contributed by atoms with Gasteiger partial charge in [0.05, 0.1) is 23.5 Å². The lowest BCUT2D eigenvalue weighted by molar-refractivity contribution is 0.0117. The molecular weight excluding hydrogens is 264 g/mol. The molecule has 5 nitrogen and oxygen atoms in total. The van der Waals surface area contributed by atoms with E-state index in [1.165, 1.54) is 0 Å². The number of hydrogen-bond acceptors (Lipinski definition) is 4. The molecule has 1 N–H and O–H groups in total. The summed E-state index contributed by atoms with van der Waals surface area (Å²) in [5, 5.41) is 12.2. The van der Waals surface area contributed by atoms with E-state index in [4.69, 9.17) is 4.74 Å². The molecule has 1 aromatic heterocycles. The molecular formula is C16H24N4O. The molecule has 2 aromatic rings. The predicted octanol–water partition coefficient (Wildman–Crippen LogP) is 2.73. The van der Waals surface area contributed by atoms with E-state index in [0.29, 0.717) is 0 Å². The fraction of sp³-hybridized carbons (Fsp3) is 0.500. The predicted molar refractivity (Wildman–Crippen MR) is 83.5 cm³/mol. The van der Waals surface area contributed by atoms with Crippen molar-refractivity contribution in [2.24, 2.45) is 0 Å². The molecule has 0 radical (unpaired) electrons. The smallest absolute Gasteiger partial charge is 0.100 e. The summed E-state index contributed by atoms with van der Waals surface area (Å²) in [6, 6.07) is 10.1. The van der Waals surface area contributed by atoms with E-state index >= 15 is 0 Å². The quantitative estimate of drug-likeness (QED) is 0.851. The van der Waals surface area contributed by atoms with Crippen LogP contribution < -0.4 is 5.32 Å². The van der Waals surface area contributed by atoms with Crippen molar-refractivity contribution in [1.82, 2.24) is 20.3 Å². The Morgan fingerprint density at radius 1 is 1.29 bits per heavy atom. The van der Waals surface area contributed by atoms with Gasteiger partial charge in [0.15, 0.2) is 0 Å². The van der Waals surface area contributed by atoms with E-state index in [1.54, 1.807) is 11.9 Å². The Kier molecular flexibility index (Phi) is 5.09. The Labute approximate surface area is 126 Å². The molecule has 1 unspecified atom stereocenters. The van der Waals surface area contributed by atoms with Crippen molar-refractivity contribution in [2.75, 3.05) is 14.2 Å². The standard InChI is InChI=1S/C16H24N4O/c1-16(2,21-4)11-10-14(17-3)15-12-18-20(19-15)13-8-6-5-7-9-13/h5-9,12,14,17H,10-11H2,1-4H3. The SMILES string of the molecule is CNC(CCC(C)(C)OC)c1cnn(-c2ccccc2)n1. The molecule has 0 aliphatic rings. The lowest BCUT2D eigenvalue weighted by atomic mass is 9.98. The highest BCUT2D eigenvalue weighted by Gasteiger charge is 2.21. The number of hydrogen-bond donors (Lipinski definition) is 1. The van der Waals surface area contributed by atoms with Gasteiger partial charge in [0, 0.05) is 7.11 Å². The fourth-order valence-electron chi connectivity index (χ4n) is 2.15. The first-order valence-electron chi connectivity index (χ1n) is 7.26. The van der Waals surface area contributed by atoms with Gasteiger partial charge in [-0.15, -0.1) is 0 Å². The number of methoxy groups -OCH3 is 1. The third-order valence-electron chi connectivity index (χ3n) is 3.79. The van der Waals surface area contributed by atoms with Gasteiger partial charge in [-0.25, -0.2) is 0 Å². The first kappa shape index (κ1) is 15.7. The number of ether oxygens (including phenoxy) is 1. The molecule has 2 rings (SSSR count). The molecule has 1 heterocycles. The van der Waals surface area contributed by atoms with Crippen molar-refractivity contribution in [1.29, 1.82) is 0 Å². The number of rotatable bonds is 7. The van der Waals surface area contributed by atoms with Gasteiger partial charge in [-0.1, -0.05) is 18.2 Å². The molecule has 0 saturated carbocycles. The van der Waals surface area contributed by atoms with Gasteiger partial charge < -0.3 is 10.1 Å². The minimum absolute atomic E-state index is 0.121. The minimum Gasteiger partial charge on any atom is -0.379 e. The highest BCUT2D eigenvalue weighted by molar-refractivity contribution is 5.28. The normalized spacial score (nSPS) is 13.3. The highest BCUT2D eigenvalue weighted by atomic mass is 16.5.